The molecule has 4 nitrogen and oxygen atoms in total. The van der Waals surface area contributed by atoms with Gasteiger partial charge in [-0.3, -0.25) is 0 Å². The lowest BCUT2D eigenvalue weighted by Gasteiger charge is -2.40. The molecule has 4 heteroatoms. The van der Waals surface area contributed by atoms with Gasteiger partial charge >= 0.3 is 0 Å². The van der Waals surface area contributed by atoms with E-state index in [1.54, 1.807) is 0 Å². The second kappa shape index (κ2) is 6.20. The number of aliphatic hydroxyl groups excluding tert-OH is 1. The van der Waals surface area contributed by atoms with Gasteiger partial charge in [0.25, 0.3) is 0 Å². The van der Waals surface area contributed by atoms with Gasteiger partial charge < -0.3 is 19.7 Å². The molecule has 2 N–H and O–H groups in total. The number of nitrogens with one attached hydrogen (secondary N) is 1. The largest absolute Gasteiger partial charge is 0.396 e. The van der Waals surface area contributed by atoms with Gasteiger partial charge in [-0.25, -0.2) is 0 Å². The molecule has 0 saturated carbocycles. The Morgan fingerprint density at radius 2 is 1.92 bits per heavy atom. The fraction of sp³-hybridized carbons (Fsp3) is 0.400. The number of rotatable bonds is 6. The summed E-state index contributed by atoms with van der Waals surface area (Å²) in [6, 6.07) is 15.3. The minimum atomic E-state index is -0.0810. The third kappa shape index (κ3) is 2.51. The fourth-order valence-corrected chi connectivity index (χ4v) is 3.66. The molecule has 3 aromatic rings. The molecule has 24 heavy (non-hydrogen) atoms. The highest BCUT2D eigenvalue weighted by Gasteiger charge is 2.37. The first-order chi connectivity index (χ1) is 11.8. The van der Waals surface area contributed by atoms with E-state index in [2.05, 4.69) is 59.3 Å². The van der Waals surface area contributed by atoms with Crippen LogP contribution in [0.4, 0.5) is 0 Å². The number of fused-ring (bicyclic) bond motifs is 3. The smallest absolute Gasteiger partial charge is 0.0579 e. The van der Waals surface area contributed by atoms with Crippen molar-refractivity contribution < 1.29 is 9.84 Å². The van der Waals surface area contributed by atoms with Crippen LogP contribution in [0.2, 0.25) is 0 Å². The van der Waals surface area contributed by atoms with Gasteiger partial charge in [-0.05, 0) is 30.7 Å². The summed E-state index contributed by atoms with van der Waals surface area (Å²) < 4.78 is 7.62. The number of aliphatic hydroxyl groups is 1. The van der Waals surface area contributed by atoms with Crippen molar-refractivity contribution in [3.8, 4) is 0 Å². The molecule has 1 saturated heterocycles. The van der Waals surface area contributed by atoms with Crippen molar-refractivity contribution in [2.45, 2.75) is 20.0 Å². The molecule has 2 heterocycles. The van der Waals surface area contributed by atoms with Crippen LogP contribution < -0.4 is 5.32 Å². The highest BCUT2D eigenvalue weighted by molar-refractivity contribution is 6.08. The topological polar surface area (TPSA) is 46.4 Å². The summed E-state index contributed by atoms with van der Waals surface area (Å²) in [4.78, 5) is 0. The van der Waals surface area contributed by atoms with E-state index in [4.69, 9.17) is 4.74 Å². The van der Waals surface area contributed by atoms with Crippen molar-refractivity contribution in [3.63, 3.8) is 0 Å². The molecule has 2 aromatic carbocycles. The van der Waals surface area contributed by atoms with Gasteiger partial charge in [0.05, 0.1) is 25.2 Å². The van der Waals surface area contributed by atoms with E-state index < -0.39 is 0 Å². The standard InChI is InChI=1S/C20H24N2O2/c1-2-22-18-6-4-3-5-16(18)17-9-15(7-8-19(17)22)10-21-11-20(12-23)13-24-14-20/h3-9,21,23H,2,10-14H2,1H3. The van der Waals surface area contributed by atoms with Gasteiger partial charge in [0.2, 0.25) is 0 Å². The molecule has 1 aliphatic rings. The molecule has 0 bridgehead atoms. The number of hydrogen-bond donors (Lipinski definition) is 2. The minimum Gasteiger partial charge on any atom is -0.396 e. The summed E-state index contributed by atoms with van der Waals surface area (Å²) >= 11 is 0. The molecular formula is C20H24N2O2. The summed E-state index contributed by atoms with van der Waals surface area (Å²) in [5, 5.41) is 15.6. The van der Waals surface area contributed by atoms with Gasteiger partial charge in [0, 0.05) is 41.4 Å². The zero-order valence-corrected chi connectivity index (χ0v) is 14.1. The van der Waals surface area contributed by atoms with E-state index in [1.165, 1.54) is 27.4 Å². The molecule has 0 unspecified atom stereocenters. The number of aryl methyl sites for hydroxylation is 1. The molecule has 0 spiro atoms. The minimum absolute atomic E-state index is 0.0810. The lowest BCUT2D eigenvalue weighted by molar-refractivity contribution is -0.134. The molecule has 1 aromatic heterocycles. The Morgan fingerprint density at radius 3 is 2.62 bits per heavy atom. The second-order valence-corrected chi connectivity index (χ2v) is 6.87. The van der Waals surface area contributed by atoms with E-state index in [0.29, 0.717) is 13.2 Å². The highest BCUT2D eigenvalue weighted by atomic mass is 16.5. The molecule has 0 atom stereocenters. The zero-order valence-electron chi connectivity index (χ0n) is 14.1. The third-order valence-corrected chi connectivity index (χ3v) is 5.13. The number of aromatic nitrogens is 1. The van der Waals surface area contributed by atoms with Crippen molar-refractivity contribution in [3.05, 3.63) is 48.0 Å². The first-order valence-corrected chi connectivity index (χ1v) is 8.65. The van der Waals surface area contributed by atoms with Crippen LogP contribution in [0, 0.1) is 5.41 Å². The van der Waals surface area contributed by atoms with Gasteiger partial charge in [-0.2, -0.15) is 0 Å². The van der Waals surface area contributed by atoms with Gasteiger partial charge in [-0.15, -0.1) is 0 Å². The predicted octanol–water partition coefficient (Wildman–Crippen LogP) is 2.91. The summed E-state index contributed by atoms with van der Waals surface area (Å²) in [6.07, 6.45) is 0. The van der Waals surface area contributed by atoms with Crippen LogP contribution in [-0.4, -0.2) is 36.0 Å². The Kier molecular flexibility index (Phi) is 4.04. The summed E-state index contributed by atoms with van der Waals surface area (Å²) in [6.45, 7) is 6.25. The first-order valence-electron chi connectivity index (χ1n) is 8.65. The van der Waals surface area contributed by atoms with Crippen molar-refractivity contribution in [1.82, 2.24) is 9.88 Å². The Labute approximate surface area is 142 Å². The lowest BCUT2D eigenvalue weighted by atomic mass is 9.87. The summed E-state index contributed by atoms with van der Waals surface area (Å²) in [7, 11) is 0. The highest BCUT2D eigenvalue weighted by Crippen LogP contribution is 2.30. The number of ether oxygens (including phenoxy) is 1. The van der Waals surface area contributed by atoms with Crippen molar-refractivity contribution in [1.29, 1.82) is 0 Å². The van der Waals surface area contributed by atoms with E-state index in [0.717, 1.165) is 19.6 Å². The molecule has 0 amide bonds. The number of benzene rings is 2. The molecule has 0 radical (unpaired) electrons. The lowest BCUT2D eigenvalue weighted by Crippen LogP contribution is -2.52. The average Bonchev–Trinajstić information content (AvgIpc) is 2.90. The number of hydrogen-bond acceptors (Lipinski definition) is 3. The van der Waals surface area contributed by atoms with Crippen LogP contribution in [-0.2, 0) is 17.8 Å². The maximum absolute atomic E-state index is 9.50. The first kappa shape index (κ1) is 15.6. The predicted molar refractivity (Wildman–Crippen MR) is 97.2 cm³/mol. The van der Waals surface area contributed by atoms with Gasteiger partial charge in [-0.1, -0.05) is 24.3 Å². The average molecular weight is 324 g/mol. The Morgan fingerprint density at radius 1 is 1.12 bits per heavy atom. The van der Waals surface area contributed by atoms with E-state index in [1.807, 2.05) is 0 Å². The van der Waals surface area contributed by atoms with Crippen LogP contribution in [0.5, 0.6) is 0 Å². The quantitative estimate of drug-likeness (QED) is 0.733. The molecule has 0 aliphatic carbocycles. The van der Waals surface area contributed by atoms with E-state index in [9.17, 15) is 5.11 Å². The van der Waals surface area contributed by atoms with Crippen LogP contribution >= 0.6 is 0 Å². The summed E-state index contributed by atoms with van der Waals surface area (Å²) in [5.74, 6) is 0. The Balaban J connectivity index is 1.60. The Hall–Kier alpha value is -1.88. The van der Waals surface area contributed by atoms with Crippen LogP contribution in [0.1, 0.15) is 12.5 Å². The maximum atomic E-state index is 9.50. The normalized spacial score (nSPS) is 16.6. The molecule has 1 aliphatic heterocycles. The van der Waals surface area contributed by atoms with Crippen LogP contribution in [0.25, 0.3) is 21.8 Å². The summed E-state index contributed by atoms with van der Waals surface area (Å²) in [5.41, 5.74) is 3.78. The van der Waals surface area contributed by atoms with Crippen molar-refractivity contribution in [2.24, 2.45) is 5.41 Å². The fourth-order valence-electron chi connectivity index (χ4n) is 3.66. The van der Waals surface area contributed by atoms with Crippen LogP contribution in [0.3, 0.4) is 0 Å². The molecule has 1 fully saturated rings. The van der Waals surface area contributed by atoms with Crippen molar-refractivity contribution >= 4 is 21.8 Å². The SMILES string of the molecule is CCn1c2ccccc2c2cc(CNCC3(CO)COC3)ccc21. The third-order valence-electron chi connectivity index (χ3n) is 5.13. The van der Waals surface area contributed by atoms with E-state index >= 15 is 0 Å². The maximum Gasteiger partial charge on any atom is 0.0579 e. The van der Waals surface area contributed by atoms with Gasteiger partial charge in [0.15, 0.2) is 0 Å². The monoisotopic (exact) mass is 324 g/mol. The molecule has 126 valence electrons. The second-order valence-electron chi connectivity index (χ2n) is 6.87. The van der Waals surface area contributed by atoms with Crippen molar-refractivity contribution in [2.75, 3.05) is 26.4 Å². The number of para-hydroxylation sites is 1. The van der Waals surface area contributed by atoms with Crippen LogP contribution in [0.15, 0.2) is 42.5 Å². The van der Waals surface area contributed by atoms with E-state index in [-0.39, 0.29) is 12.0 Å². The number of nitrogens with zero attached hydrogens (tertiary/aromatic N) is 1. The van der Waals surface area contributed by atoms with Gasteiger partial charge in [0.1, 0.15) is 0 Å². The molecular weight excluding hydrogens is 300 g/mol. The Bertz CT molecular complexity index is 859. The molecule has 4 rings (SSSR count). The zero-order chi connectivity index (χ0) is 16.6.